The number of aromatic nitrogens is 1. The van der Waals surface area contributed by atoms with E-state index in [9.17, 15) is 9.59 Å². The average Bonchev–Trinajstić information content (AvgIpc) is 3.31. The first kappa shape index (κ1) is 30.1. The van der Waals surface area contributed by atoms with Gasteiger partial charge in [0.1, 0.15) is 23.3 Å². The minimum absolute atomic E-state index is 0.0497. The molecule has 1 aliphatic heterocycles. The van der Waals surface area contributed by atoms with Crippen LogP contribution in [0.3, 0.4) is 0 Å². The van der Waals surface area contributed by atoms with Gasteiger partial charge in [0, 0.05) is 24.2 Å². The van der Waals surface area contributed by atoms with Crippen molar-refractivity contribution >= 4 is 34.1 Å². The van der Waals surface area contributed by atoms with Crippen LogP contribution < -0.4 is 29.1 Å². The lowest BCUT2D eigenvalue weighted by Crippen LogP contribution is -2.43. The number of nitrogens with zero attached hydrogens (tertiary/aromatic N) is 3. The summed E-state index contributed by atoms with van der Waals surface area (Å²) in [6.07, 6.45) is 1.83. The Morgan fingerprint density at radius 2 is 1.77 bits per heavy atom. The fraction of sp³-hybridized carbons (Fsp3) is 0.324. The Hall–Kier alpha value is -4.37. The summed E-state index contributed by atoms with van der Waals surface area (Å²) in [5.74, 6) is 1.66. The number of methoxy groups -OCH3 is 2. The molecule has 0 bridgehead atoms. The maximum Gasteiger partial charge on any atom is 0.271 e. The van der Waals surface area contributed by atoms with Crippen LogP contribution in [0.1, 0.15) is 51.8 Å². The van der Waals surface area contributed by atoms with Crippen LogP contribution >= 0.6 is 11.3 Å². The number of ether oxygens (including phenoxy) is 3. The van der Waals surface area contributed by atoms with E-state index in [1.807, 2.05) is 83.2 Å². The number of allylic oxidation sites excluding steroid dienone is 1. The fourth-order valence-electron chi connectivity index (χ4n) is 5.54. The van der Waals surface area contributed by atoms with E-state index in [4.69, 9.17) is 19.2 Å². The lowest BCUT2D eigenvalue weighted by molar-refractivity contribution is -0.127. The van der Waals surface area contributed by atoms with Gasteiger partial charge < -0.3 is 19.1 Å². The molecule has 0 saturated heterocycles. The third kappa shape index (κ3) is 5.57. The van der Waals surface area contributed by atoms with Gasteiger partial charge in [-0.1, -0.05) is 41.7 Å². The van der Waals surface area contributed by atoms with Gasteiger partial charge in [-0.2, -0.15) is 0 Å². The normalized spacial score (nSPS) is 15.0. The van der Waals surface area contributed by atoms with Crippen LogP contribution in [-0.4, -0.2) is 48.8 Å². The van der Waals surface area contributed by atoms with E-state index in [1.165, 1.54) is 11.3 Å². The first-order valence-electron chi connectivity index (χ1n) is 14.4. The Kier molecular flexibility index (Phi) is 8.73. The van der Waals surface area contributed by atoms with Gasteiger partial charge in [0.05, 0.1) is 36.1 Å². The van der Waals surface area contributed by atoms with Gasteiger partial charge in [-0.15, -0.1) is 0 Å². The number of likely N-dealkylation sites (N-methyl/N-ethyl adjacent to an activating group) is 1. The van der Waals surface area contributed by atoms with Crippen LogP contribution in [0.4, 0.5) is 0 Å². The summed E-state index contributed by atoms with van der Waals surface area (Å²) in [4.78, 5) is 35.5. The molecule has 3 aromatic carbocycles. The zero-order chi connectivity index (χ0) is 30.8. The number of rotatable bonds is 9. The molecule has 0 spiro atoms. The highest BCUT2D eigenvalue weighted by Crippen LogP contribution is 2.38. The molecule has 43 heavy (non-hydrogen) atoms. The topological polar surface area (TPSA) is 82.4 Å². The molecule has 5 rings (SSSR count). The lowest BCUT2D eigenvalue weighted by atomic mass is 9.93. The van der Waals surface area contributed by atoms with Crippen LogP contribution in [0.5, 0.6) is 17.2 Å². The first-order valence-corrected chi connectivity index (χ1v) is 15.3. The van der Waals surface area contributed by atoms with Crippen molar-refractivity contribution < 1.29 is 19.0 Å². The Balaban J connectivity index is 1.82. The van der Waals surface area contributed by atoms with Gasteiger partial charge in [-0.05, 0) is 75.7 Å². The maximum atomic E-state index is 14.4. The highest BCUT2D eigenvalue weighted by atomic mass is 32.1. The molecular weight excluding hydrogens is 562 g/mol. The Labute approximate surface area is 255 Å². The molecule has 1 atom stereocenters. The summed E-state index contributed by atoms with van der Waals surface area (Å²) < 4.78 is 19.6. The van der Waals surface area contributed by atoms with Gasteiger partial charge in [0.15, 0.2) is 4.80 Å². The van der Waals surface area contributed by atoms with Crippen molar-refractivity contribution in [2.45, 2.75) is 46.8 Å². The van der Waals surface area contributed by atoms with E-state index in [1.54, 1.807) is 35.8 Å². The smallest absolute Gasteiger partial charge is 0.271 e. The molecule has 0 N–H and O–H groups in total. The Morgan fingerprint density at radius 3 is 2.44 bits per heavy atom. The Bertz CT molecular complexity index is 1900. The average molecular weight is 600 g/mol. The molecule has 0 unspecified atom stereocenters. The van der Waals surface area contributed by atoms with E-state index >= 15 is 0 Å². The van der Waals surface area contributed by atoms with Gasteiger partial charge in [0.2, 0.25) is 0 Å². The molecule has 0 saturated carbocycles. The number of amides is 1. The summed E-state index contributed by atoms with van der Waals surface area (Å²) in [6, 6.07) is 16.7. The largest absolute Gasteiger partial charge is 0.497 e. The second-order valence-electron chi connectivity index (χ2n) is 10.5. The van der Waals surface area contributed by atoms with Crippen LogP contribution in [0.15, 0.2) is 75.7 Å². The van der Waals surface area contributed by atoms with Crippen molar-refractivity contribution in [3.63, 3.8) is 0 Å². The van der Waals surface area contributed by atoms with E-state index in [2.05, 4.69) is 0 Å². The molecule has 1 aromatic heterocycles. The lowest BCUT2D eigenvalue weighted by Gasteiger charge is -2.30. The monoisotopic (exact) mass is 599 g/mol. The van der Waals surface area contributed by atoms with E-state index in [0.29, 0.717) is 56.5 Å². The predicted octanol–water partition coefficient (Wildman–Crippen LogP) is 5.06. The van der Waals surface area contributed by atoms with Crippen molar-refractivity contribution in [3.8, 4) is 17.2 Å². The Morgan fingerprint density at radius 1 is 1.05 bits per heavy atom. The zero-order valence-corrected chi connectivity index (χ0v) is 26.5. The van der Waals surface area contributed by atoms with Gasteiger partial charge in [-0.25, -0.2) is 4.99 Å². The summed E-state index contributed by atoms with van der Waals surface area (Å²) in [5.41, 5.74) is 2.21. The summed E-state index contributed by atoms with van der Waals surface area (Å²) in [7, 11) is 3.16. The quantitative estimate of drug-likeness (QED) is 0.269. The number of benzene rings is 3. The molecule has 4 aromatic rings. The number of thiazole rings is 1. The van der Waals surface area contributed by atoms with E-state index in [-0.39, 0.29) is 17.6 Å². The van der Waals surface area contributed by atoms with Gasteiger partial charge >= 0.3 is 0 Å². The fourth-order valence-corrected chi connectivity index (χ4v) is 6.56. The zero-order valence-electron chi connectivity index (χ0n) is 25.6. The van der Waals surface area contributed by atoms with Crippen molar-refractivity contribution in [2.24, 2.45) is 4.99 Å². The van der Waals surface area contributed by atoms with Crippen molar-refractivity contribution in [1.82, 2.24) is 9.47 Å². The van der Waals surface area contributed by atoms with E-state index in [0.717, 1.165) is 16.3 Å². The summed E-state index contributed by atoms with van der Waals surface area (Å²) in [6.45, 7) is 10.7. The highest BCUT2D eigenvalue weighted by Gasteiger charge is 2.36. The van der Waals surface area contributed by atoms with Crippen LogP contribution in [0, 0.1) is 0 Å². The SMILES string of the molecule is CCN(CC)C(=O)C1=C(C)N=c2s/c(=C/c3c(OC(C)C)ccc4ccccc34)c(=O)n2[C@H]1c1cc(OC)ccc1OC. The number of fused-ring (bicyclic) bond motifs is 2. The second-order valence-corrected chi connectivity index (χ2v) is 11.5. The molecule has 9 heteroatoms. The molecule has 0 aliphatic carbocycles. The molecule has 8 nitrogen and oxygen atoms in total. The number of hydrogen-bond donors (Lipinski definition) is 0. The van der Waals surface area contributed by atoms with Crippen LogP contribution in [0.25, 0.3) is 16.8 Å². The summed E-state index contributed by atoms with van der Waals surface area (Å²) >= 11 is 1.29. The predicted molar refractivity (Wildman–Crippen MR) is 171 cm³/mol. The molecule has 1 amide bonds. The van der Waals surface area contributed by atoms with Crippen molar-refractivity contribution in [1.29, 1.82) is 0 Å². The summed E-state index contributed by atoms with van der Waals surface area (Å²) in [5, 5.41) is 2.02. The highest BCUT2D eigenvalue weighted by molar-refractivity contribution is 7.07. The van der Waals surface area contributed by atoms with Crippen LogP contribution in [-0.2, 0) is 4.79 Å². The number of carbonyl (C=O) groups excluding carboxylic acids is 1. The third-order valence-electron chi connectivity index (χ3n) is 7.60. The van der Waals surface area contributed by atoms with E-state index < -0.39 is 6.04 Å². The maximum absolute atomic E-state index is 14.4. The first-order chi connectivity index (χ1) is 20.7. The van der Waals surface area contributed by atoms with Crippen molar-refractivity contribution in [3.05, 3.63) is 96.7 Å². The minimum atomic E-state index is -0.768. The minimum Gasteiger partial charge on any atom is -0.497 e. The van der Waals surface area contributed by atoms with Crippen molar-refractivity contribution in [2.75, 3.05) is 27.3 Å². The molecular formula is C34H37N3O5S. The number of hydrogen-bond acceptors (Lipinski definition) is 7. The standard InChI is InChI=1S/C34H37N3O5S/c1-8-36(9-2)33(39)30-21(5)35-34-37(31(30)26-18-23(40-6)15-17-27(26)41-7)32(38)29(43-34)19-25-24-13-11-10-12-22(24)14-16-28(25)42-20(3)4/h10-20,31H,8-9H2,1-7H3/b29-19+/t31-/m0/s1. The second kappa shape index (κ2) is 12.5. The number of carbonyl (C=O) groups is 1. The van der Waals surface area contributed by atoms with Crippen LogP contribution in [0.2, 0.25) is 0 Å². The van der Waals surface area contributed by atoms with Gasteiger partial charge in [0.25, 0.3) is 11.5 Å². The molecule has 0 fully saturated rings. The molecule has 1 aliphatic rings. The molecule has 224 valence electrons. The third-order valence-corrected chi connectivity index (χ3v) is 8.59. The van der Waals surface area contributed by atoms with Gasteiger partial charge in [-0.3, -0.25) is 14.2 Å². The molecule has 0 radical (unpaired) electrons. The molecule has 2 heterocycles.